The molecule has 7 aromatic carbocycles. The van der Waals surface area contributed by atoms with Gasteiger partial charge < -0.3 is 4.90 Å². The van der Waals surface area contributed by atoms with Gasteiger partial charge in [-0.15, -0.1) is 11.3 Å². The van der Waals surface area contributed by atoms with E-state index in [1.54, 1.807) is 0 Å². The van der Waals surface area contributed by atoms with Crippen molar-refractivity contribution in [2.24, 2.45) is 0 Å². The second kappa shape index (κ2) is 10.8. The van der Waals surface area contributed by atoms with Crippen molar-refractivity contribution in [2.45, 2.75) is 19.3 Å². The number of fused-ring (bicyclic) bond motifs is 6. The average Bonchev–Trinajstić information content (AvgIpc) is 3.61. The Balaban J connectivity index is 1.36. The van der Waals surface area contributed by atoms with Crippen molar-refractivity contribution in [3.8, 4) is 33.4 Å². The third kappa shape index (κ3) is 4.36. The van der Waals surface area contributed by atoms with Crippen LogP contribution >= 0.6 is 11.3 Å². The van der Waals surface area contributed by atoms with E-state index < -0.39 is 0 Å². The Morgan fingerprint density at radius 1 is 0.468 bits per heavy atom. The first-order valence-electron chi connectivity index (χ1n) is 16.3. The first-order valence-corrected chi connectivity index (χ1v) is 17.1. The molecule has 0 saturated carbocycles. The van der Waals surface area contributed by atoms with E-state index in [-0.39, 0.29) is 5.41 Å². The van der Waals surface area contributed by atoms with Gasteiger partial charge in [-0.25, -0.2) is 0 Å². The van der Waals surface area contributed by atoms with Crippen LogP contribution in [0.2, 0.25) is 0 Å². The van der Waals surface area contributed by atoms with E-state index in [0.717, 1.165) is 17.1 Å². The summed E-state index contributed by atoms with van der Waals surface area (Å²) in [5, 5.41) is 2.62. The molecule has 0 fully saturated rings. The van der Waals surface area contributed by atoms with Gasteiger partial charge in [-0.2, -0.15) is 0 Å². The number of benzene rings is 7. The van der Waals surface area contributed by atoms with Gasteiger partial charge in [0.25, 0.3) is 0 Å². The Bertz CT molecular complexity index is 2440. The molecule has 0 radical (unpaired) electrons. The fourth-order valence-corrected chi connectivity index (χ4v) is 8.82. The molecule has 0 amide bonds. The molecule has 8 aromatic rings. The van der Waals surface area contributed by atoms with Gasteiger partial charge in [0.05, 0.1) is 5.69 Å². The third-order valence-electron chi connectivity index (χ3n) is 9.88. The SMILES string of the molecule is CC1(C)c2ccccc2-c2ccc(N(c3ccccc3)c3cccc(-c4ccccc4)c3-c3cccc4sc5ccccc5c34)cc21. The van der Waals surface area contributed by atoms with Crippen molar-refractivity contribution in [3.05, 3.63) is 175 Å². The fourth-order valence-electron chi connectivity index (χ4n) is 7.69. The Kier molecular flexibility index (Phi) is 6.41. The highest BCUT2D eigenvalue weighted by atomic mass is 32.1. The summed E-state index contributed by atoms with van der Waals surface area (Å²) in [5.74, 6) is 0. The standard InChI is InChI=1S/C45H33NS/c1-45(2)38-23-11-9-19-34(38)35-28-27-32(29-39(35)45)46(31-17-7-4-8-18-31)40-24-13-21-33(30-15-5-3-6-16-30)43(40)37-22-14-26-42-44(37)36-20-10-12-25-41(36)47-42/h3-29H,1-2H3. The summed E-state index contributed by atoms with van der Waals surface area (Å²) >= 11 is 1.87. The minimum absolute atomic E-state index is 0.0970. The quantitative estimate of drug-likeness (QED) is 0.185. The van der Waals surface area contributed by atoms with Gasteiger partial charge in [0.2, 0.25) is 0 Å². The van der Waals surface area contributed by atoms with Crippen molar-refractivity contribution >= 4 is 48.6 Å². The van der Waals surface area contributed by atoms with E-state index >= 15 is 0 Å². The van der Waals surface area contributed by atoms with E-state index in [1.807, 2.05) is 11.3 Å². The zero-order valence-electron chi connectivity index (χ0n) is 26.4. The highest BCUT2D eigenvalue weighted by molar-refractivity contribution is 7.25. The molecule has 0 unspecified atom stereocenters. The second-order valence-electron chi connectivity index (χ2n) is 12.9. The first-order chi connectivity index (χ1) is 23.1. The molecule has 224 valence electrons. The lowest BCUT2D eigenvalue weighted by Gasteiger charge is -2.31. The normalized spacial score (nSPS) is 13.1. The molecule has 9 rings (SSSR count). The summed E-state index contributed by atoms with van der Waals surface area (Å²) in [7, 11) is 0. The van der Waals surface area contributed by atoms with E-state index in [1.165, 1.54) is 64.7 Å². The lowest BCUT2D eigenvalue weighted by atomic mass is 9.82. The van der Waals surface area contributed by atoms with Crippen LogP contribution < -0.4 is 4.90 Å². The first kappa shape index (κ1) is 27.8. The zero-order chi connectivity index (χ0) is 31.5. The van der Waals surface area contributed by atoms with E-state index in [9.17, 15) is 0 Å². The van der Waals surface area contributed by atoms with Gasteiger partial charge in [-0.1, -0.05) is 135 Å². The van der Waals surface area contributed by atoms with E-state index in [0.29, 0.717) is 0 Å². The molecule has 0 N–H and O–H groups in total. The van der Waals surface area contributed by atoms with E-state index in [4.69, 9.17) is 0 Å². The van der Waals surface area contributed by atoms with Gasteiger partial charge in [0.1, 0.15) is 0 Å². The Morgan fingerprint density at radius 3 is 1.96 bits per heavy atom. The van der Waals surface area contributed by atoms with Crippen molar-refractivity contribution in [2.75, 3.05) is 4.90 Å². The number of nitrogens with zero attached hydrogens (tertiary/aromatic N) is 1. The van der Waals surface area contributed by atoms with Gasteiger partial charge >= 0.3 is 0 Å². The van der Waals surface area contributed by atoms with Crippen LogP contribution in [0.4, 0.5) is 17.1 Å². The topological polar surface area (TPSA) is 3.24 Å². The largest absolute Gasteiger partial charge is 0.310 e. The molecular weight excluding hydrogens is 587 g/mol. The minimum atomic E-state index is -0.0970. The van der Waals surface area contributed by atoms with Crippen molar-refractivity contribution in [3.63, 3.8) is 0 Å². The van der Waals surface area contributed by atoms with Crippen LogP contribution in [0.15, 0.2) is 164 Å². The third-order valence-corrected chi connectivity index (χ3v) is 11.0. The molecule has 0 aliphatic heterocycles. The molecule has 0 saturated heterocycles. The number of rotatable bonds is 5. The number of para-hydroxylation sites is 1. The number of anilines is 3. The molecule has 2 heteroatoms. The molecule has 1 heterocycles. The molecule has 1 aliphatic rings. The van der Waals surface area contributed by atoms with Crippen LogP contribution in [0.3, 0.4) is 0 Å². The summed E-state index contributed by atoms with van der Waals surface area (Å²) < 4.78 is 2.62. The summed E-state index contributed by atoms with van der Waals surface area (Å²) in [6, 6.07) is 60.1. The molecular formula is C45H33NS. The van der Waals surface area contributed by atoms with Crippen molar-refractivity contribution in [1.29, 1.82) is 0 Å². The van der Waals surface area contributed by atoms with Gasteiger partial charge in [0.15, 0.2) is 0 Å². The number of thiophene rings is 1. The van der Waals surface area contributed by atoms with Crippen LogP contribution in [0.25, 0.3) is 53.6 Å². The molecule has 47 heavy (non-hydrogen) atoms. The second-order valence-corrected chi connectivity index (χ2v) is 14.0. The predicted molar refractivity (Wildman–Crippen MR) is 202 cm³/mol. The maximum Gasteiger partial charge on any atom is 0.0546 e. The molecule has 0 bridgehead atoms. The Hall–Kier alpha value is -5.44. The maximum atomic E-state index is 2.47. The molecule has 0 atom stereocenters. The van der Waals surface area contributed by atoms with Crippen LogP contribution in [0.5, 0.6) is 0 Å². The summed E-state index contributed by atoms with van der Waals surface area (Å²) in [6.07, 6.45) is 0. The van der Waals surface area contributed by atoms with Crippen LogP contribution in [-0.2, 0) is 5.41 Å². The number of hydrogen-bond acceptors (Lipinski definition) is 2. The summed E-state index contributed by atoms with van der Waals surface area (Å²) in [6.45, 7) is 4.72. The highest BCUT2D eigenvalue weighted by Gasteiger charge is 2.36. The zero-order valence-corrected chi connectivity index (χ0v) is 27.3. The van der Waals surface area contributed by atoms with Crippen LogP contribution in [0, 0.1) is 0 Å². The Morgan fingerprint density at radius 2 is 1.11 bits per heavy atom. The summed E-state index contributed by atoms with van der Waals surface area (Å²) in [4.78, 5) is 2.47. The molecule has 1 aliphatic carbocycles. The number of hydrogen-bond donors (Lipinski definition) is 0. The van der Waals surface area contributed by atoms with E-state index in [2.05, 4.69) is 183 Å². The fraction of sp³-hybridized carbons (Fsp3) is 0.0667. The highest BCUT2D eigenvalue weighted by Crippen LogP contribution is 2.53. The molecule has 1 nitrogen and oxygen atoms in total. The lowest BCUT2D eigenvalue weighted by Crippen LogP contribution is -2.17. The van der Waals surface area contributed by atoms with Crippen molar-refractivity contribution in [1.82, 2.24) is 0 Å². The van der Waals surface area contributed by atoms with Gasteiger partial charge in [0, 0.05) is 42.5 Å². The Labute approximate surface area is 280 Å². The van der Waals surface area contributed by atoms with Crippen molar-refractivity contribution < 1.29 is 0 Å². The van der Waals surface area contributed by atoms with Gasteiger partial charge in [-0.3, -0.25) is 0 Å². The smallest absolute Gasteiger partial charge is 0.0546 e. The summed E-state index contributed by atoms with van der Waals surface area (Å²) in [5.41, 5.74) is 13.7. The van der Waals surface area contributed by atoms with Crippen LogP contribution in [-0.4, -0.2) is 0 Å². The molecule has 0 spiro atoms. The monoisotopic (exact) mass is 619 g/mol. The predicted octanol–water partition coefficient (Wildman–Crippen LogP) is 13.2. The molecule has 1 aromatic heterocycles. The average molecular weight is 620 g/mol. The minimum Gasteiger partial charge on any atom is -0.310 e. The lowest BCUT2D eigenvalue weighted by molar-refractivity contribution is 0.660. The maximum absolute atomic E-state index is 2.47. The van der Waals surface area contributed by atoms with Gasteiger partial charge in [-0.05, 0) is 81.4 Å². The van der Waals surface area contributed by atoms with Crippen LogP contribution in [0.1, 0.15) is 25.0 Å².